The molecule has 220 valence electrons. The number of benzene rings is 2. The van der Waals surface area contributed by atoms with Crippen molar-refractivity contribution in [3.8, 4) is 11.3 Å². The lowest BCUT2D eigenvalue weighted by Crippen LogP contribution is -2.48. The molecule has 0 unspecified atom stereocenters. The molecule has 4 nitrogen and oxygen atoms in total. The summed E-state index contributed by atoms with van der Waals surface area (Å²) in [6, 6.07) is 9.07. The second-order valence-electron chi connectivity index (χ2n) is 10.6. The minimum Gasteiger partial charge on any atom is -0.354 e. The van der Waals surface area contributed by atoms with Crippen LogP contribution in [0.1, 0.15) is 43.4 Å². The molecule has 1 aliphatic rings. The van der Waals surface area contributed by atoms with Crippen LogP contribution in [0, 0.1) is 0 Å². The number of hydrogen-bond donors (Lipinski definition) is 1. The Kier molecular flexibility index (Phi) is 9.85. The number of H-pyrrole nitrogens is 1. The average Bonchev–Trinajstić information content (AvgIpc) is 3.29. The van der Waals surface area contributed by atoms with E-state index in [2.05, 4.69) is 33.5 Å². The Balaban J connectivity index is 1.50. The molecule has 0 atom stereocenters. The summed E-state index contributed by atoms with van der Waals surface area (Å²) in [5, 5.41) is 0.814. The quantitative estimate of drug-likeness (QED) is 0.249. The predicted octanol–water partition coefficient (Wildman–Crippen LogP) is 7.15. The molecule has 10 heteroatoms. The molecule has 0 spiro atoms. The summed E-state index contributed by atoms with van der Waals surface area (Å²) in [5.41, 5.74) is -0.999. The fraction of sp³-hybridized carbons (Fsp3) is 0.533. The van der Waals surface area contributed by atoms with Crippen LogP contribution >= 0.6 is 0 Å². The van der Waals surface area contributed by atoms with Crippen molar-refractivity contribution in [3.63, 3.8) is 0 Å². The topological polar surface area (TPSA) is 25.5 Å². The first kappa shape index (κ1) is 30.4. The van der Waals surface area contributed by atoms with Crippen LogP contribution in [0.15, 0.2) is 42.5 Å². The van der Waals surface area contributed by atoms with Gasteiger partial charge in [-0.2, -0.15) is 26.3 Å². The predicted molar refractivity (Wildman–Crippen MR) is 147 cm³/mol. The smallest absolute Gasteiger partial charge is 0.354 e. The van der Waals surface area contributed by atoms with Crippen molar-refractivity contribution in [3.05, 3.63) is 59.2 Å². The highest BCUT2D eigenvalue weighted by molar-refractivity contribution is 5.91. The van der Waals surface area contributed by atoms with Crippen LogP contribution in [0.5, 0.6) is 0 Å². The van der Waals surface area contributed by atoms with Gasteiger partial charge in [0.1, 0.15) is 0 Å². The Morgan fingerprint density at radius 2 is 1.30 bits per heavy atom. The van der Waals surface area contributed by atoms with Gasteiger partial charge in [-0.05, 0) is 67.7 Å². The van der Waals surface area contributed by atoms with Crippen LogP contribution in [-0.2, 0) is 18.8 Å². The number of aromatic nitrogens is 1. The molecule has 1 aliphatic heterocycles. The zero-order valence-electron chi connectivity index (χ0n) is 23.1. The van der Waals surface area contributed by atoms with E-state index in [0.29, 0.717) is 24.2 Å². The van der Waals surface area contributed by atoms with Gasteiger partial charge >= 0.3 is 12.4 Å². The third-order valence-corrected chi connectivity index (χ3v) is 7.65. The number of nitrogens with zero attached hydrogens (tertiary/aromatic N) is 3. The summed E-state index contributed by atoms with van der Waals surface area (Å²) in [6.45, 7) is 13.0. The van der Waals surface area contributed by atoms with Crippen LogP contribution in [0.4, 0.5) is 26.3 Å². The van der Waals surface area contributed by atoms with E-state index in [1.54, 1.807) is 12.1 Å². The number of nitrogens with one attached hydrogen (secondary N) is 1. The Morgan fingerprint density at radius 1 is 0.750 bits per heavy atom. The van der Waals surface area contributed by atoms with Gasteiger partial charge in [0.2, 0.25) is 0 Å². The molecular weight excluding hydrogens is 530 g/mol. The highest BCUT2D eigenvalue weighted by Crippen LogP contribution is 2.40. The van der Waals surface area contributed by atoms with Gasteiger partial charge in [0, 0.05) is 62.4 Å². The van der Waals surface area contributed by atoms with Crippen LogP contribution in [0.25, 0.3) is 22.2 Å². The van der Waals surface area contributed by atoms with Gasteiger partial charge in [-0.25, -0.2) is 0 Å². The number of piperazine rings is 1. The minimum atomic E-state index is -4.90. The minimum absolute atomic E-state index is 0.109. The van der Waals surface area contributed by atoms with Crippen molar-refractivity contribution in [1.82, 2.24) is 19.7 Å². The molecule has 0 amide bonds. The molecule has 2 aromatic carbocycles. The lowest BCUT2D eigenvalue weighted by atomic mass is 9.98. The molecule has 4 rings (SSSR count). The van der Waals surface area contributed by atoms with Gasteiger partial charge in [-0.1, -0.05) is 32.0 Å². The summed E-state index contributed by atoms with van der Waals surface area (Å²) < 4.78 is 81.4. The number of alkyl halides is 6. The SMILES string of the molecule is CCCN(CCC)CCN1CCN(CCc2c(-c3cc(C(F)(F)F)cc(C(F)(F)F)c3)[nH]c3ccccc23)CC1. The lowest BCUT2D eigenvalue weighted by Gasteiger charge is -2.36. The summed E-state index contributed by atoms with van der Waals surface area (Å²) in [5.74, 6) is 0. The first-order valence-corrected chi connectivity index (χ1v) is 14.1. The number of hydrogen-bond acceptors (Lipinski definition) is 3. The van der Waals surface area contributed by atoms with Gasteiger partial charge in [-0.3, -0.25) is 4.90 Å². The molecule has 0 saturated carbocycles. The van der Waals surface area contributed by atoms with E-state index in [4.69, 9.17) is 0 Å². The maximum atomic E-state index is 13.6. The summed E-state index contributed by atoms with van der Waals surface area (Å²) in [7, 11) is 0. The lowest BCUT2D eigenvalue weighted by molar-refractivity contribution is -0.143. The zero-order chi connectivity index (χ0) is 28.9. The van der Waals surface area contributed by atoms with E-state index >= 15 is 0 Å². The van der Waals surface area contributed by atoms with Crippen LogP contribution < -0.4 is 0 Å². The van der Waals surface area contributed by atoms with Crippen LogP contribution in [0.3, 0.4) is 0 Å². The number of halogens is 6. The van der Waals surface area contributed by atoms with Gasteiger partial charge in [-0.15, -0.1) is 0 Å². The van der Waals surface area contributed by atoms with Crippen LogP contribution in [0.2, 0.25) is 0 Å². The largest absolute Gasteiger partial charge is 0.416 e. The van der Waals surface area contributed by atoms with E-state index in [9.17, 15) is 26.3 Å². The maximum absolute atomic E-state index is 13.6. The first-order chi connectivity index (χ1) is 19.0. The molecule has 1 fully saturated rings. The van der Waals surface area contributed by atoms with E-state index in [1.807, 2.05) is 12.1 Å². The third-order valence-electron chi connectivity index (χ3n) is 7.65. The average molecular weight is 569 g/mol. The van der Waals surface area contributed by atoms with Gasteiger partial charge in [0.05, 0.1) is 11.1 Å². The van der Waals surface area contributed by atoms with Crippen molar-refractivity contribution in [2.45, 2.75) is 45.5 Å². The zero-order valence-corrected chi connectivity index (χ0v) is 23.1. The van der Waals surface area contributed by atoms with Crippen LogP contribution in [-0.4, -0.2) is 78.6 Å². The van der Waals surface area contributed by atoms with E-state index in [1.165, 1.54) is 0 Å². The Hall–Kier alpha value is -2.56. The van der Waals surface area contributed by atoms with E-state index < -0.39 is 23.5 Å². The second-order valence-corrected chi connectivity index (χ2v) is 10.6. The molecule has 0 bridgehead atoms. The summed E-state index contributed by atoms with van der Waals surface area (Å²) in [4.78, 5) is 10.4. The molecule has 1 saturated heterocycles. The molecule has 3 aromatic rings. The fourth-order valence-electron chi connectivity index (χ4n) is 5.56. The molecular formula is C30H38F6N4. The van der Waals surface area contributed by atoms with Gasteiger partial charge in [0.25, 0.3) is 0 Å². The summed E-state index contributed by atoms with van der Waals surface area (Å²) in [6.07, 6.45) is -7.00. The molecule has 2 heterocycles. The van der Waals surface area contributed by atoms with Crippen molar-refractivity contribution in [2.75, 3.05) is 58.9 Å². The monoisotopic (exact) mass is 568 g/mol. The molecule has 1 N–H and O–H groups in total. The third kappa shape index (κ3) is 7.59. The van der Waals surface area contributed by atoms with E-state index in [-0.39, 0.29) is 11.6 Å². The number of fused-ring (bicyclic) bond motifs is 1. The number of aromatic amines is 1. The van der Waals surface area contributed by atoms with Crippen molar-refractivity contribution in [1.29, 1.82) is 0 Å². The van der Waals surface area contributed by atoms with E-state index in [0.717, 1.165) is 88.3 Å². The highest BCUT2D eigenvalue weighted by atomic mass is 19.4. The molecule has 40 heavy (non-hydrogen) atoms. The van der Waals surface area contributed by atoms with Crippen molar-refractivity contribution >= 4 is 10.9 Å². The van der Waals surface area contributed by atoms with Gasteiger partial charge < -0.3 is 14.8 Å². The maximum Gasteiger partial charge on any atom is 0.416 e. The number of para-hydroxylation sites is 1. The normalized spacial score (nSPS) is 15.9. The highest BCUT2D eigenvalue weighted by Gasteiger charge is 2.37. The summed E-state index contributed by atoms with van der Waals surface area (Å²) >= 11 is 0. The second kappa shape index (κ2) is 13.0. The molecule has 0 aliphatic carbocycles. The fourth-order valence-corrected chi connectivity index (χ4v) is 5.56. The number of rotatable bonds is 11. The Labute approximate surface area is 231 Å². The first-order valence-electron chi connectivity index (χ1n) is 14.1. The van der Waals surface area contributed by atoms with Crippen molar-refractivity contribution < 1.29 is 26.3 Å². The molecule has 0 radical (unpaired) electrons. The Morgan fingerprint density at radius 3 is 1.85 bits per heavy atom. The van der Waals surface area contributed by atoms with Crippen molar-refractivity contribution in [2.24, 2.45) is 0 Å². The molecule has 1 aromatic heterocycles. The van der Waals surface area contributed by atoms with Gasteiger partial charge in [0.15, 0.2) is 0 Å². The Bertz CT molecular complexity index is 1200. The standard InChI is InChI=1S/C30H38F6N4/c1-3-10-38(11-4-2)13-16-40-17-14-39(15-18-40)12-9-26-25-7-5-6-8-27(25)37-28(26)22-19-23(29(31,32)33)21-24(20-22)30(34,35)36/h5-8,19-21,37H,3-4,9-18H2,1-2H3.